The predicted molar refractivity (Wildman–Crippen MR) is 83.1 cm³/mol. The summed E-state index contributed by atoms with van der Waals surface area (Å²) in [7, 11) is 0. The van der Waals surface area contributed by atoms with Gasteiger partial charge in [-0.05, 0) is 55.3 Å². The second-order valence-corrected chi connectivity index (χ2v) is 5.04. The predicted octanol–water partition coefficient (Wildman–Crippen LogP) is 3.71. The third-order valence-electron chi connectivity index (χ3n) is 3.44. The van der Waals surface area contributed by atoms with Crippen molar-refractivity contribution in [3.05, 3.63) is 53.6 Å². The van der Waals surface area contributed by atoms with Crippen LogP contribution in [0.5, 0.6) is 0 Å². The summed E-state index contributed by atoms with van der Waals surface area (Å²) >= 11 is 0. The van der Waals surface area contributed by atoms with Crippen LogP contribution >= 0.6 is 0 Å². The Morgan fingerprint density at radius 2 is 1.86 bits per heavy atom. The summed E-state index contributed by atoms with van der Waals surface area (Å²) in [6.07, 6.45) is 1.50. The summed E-state index contributed by atoms with van der Waals surface area (Å²) in [6.45, 7) is 3.66. The Bertz CT molecular complexity index is 830. The lowest BCUT2D eigenvalue weighted by Crippen LogP contribution is -1.98. The van der Waals surface area contributed by atoms with Crippen LogP contribution in [0.4, 0.5) is 21.6 Å². The Labute approximate surface area is 121 Å². The van der Waals surface area contributed by atoms with Crippen LogP contribution < -0.4 is 11.1 Å². The molecule has 1 aromatic heterocycles. The number of fused-ring (bicyclic) bond motifs is 1. The van der Waals surface area contributed by atoms with E-state index in [9.17, 15) is 4.39 Å². The number of nitrogen functional groups attached to an aromatic ring is 1. The first kappa shape index (κ1) is 13.3. The lowest BCUT2D eigenvalue weighted by molar-refractivity contribution is 0.619. The lowest BCUT2D eigenvalue weighted by atomic mass is 10.1. The van der Waals surface area contributed by atoms with Crippen LogP contribution in [0, 0.1) is 19.7 Å². The van der Waals surface area contributed by atoms with Crippen LogP contribution in [0.1, 0.15) is 11.1 Å². The van der Waals surface area contributed by atoms with Crippen LogP contribution in [0.15, 0.2) is 36.7 Å². The molecular formula is C16H15FN4. The molecular weight excluding hydrogens is 267 g/mol. The molecule has 3 rings (SSSR count). The average Bonchev–Trinajstić information content (AvgIpc) is 2.45. The van der Waals surface area contributed by atoms with Gasteiger partial charge in [0.1, 0.15) is 18.0 Å². The number of halogens is 1. The number of anilines is 3. The fraction of sp³-hybridized carbons (Fsp3) is 0.125. The molecule has 0 spiro atoms. The molecule has 0 radical (unpaired) electrons. The quantitative estimate of drug-likeness (QED) is 0.703. The van der Waals surface area contributed by atoms with Gasteiger partial charge in [-0.25, -0.2) is 14.4 Å². The van der Waals surface area contributed by atoms with E-state index in [0.29, 0.717) is 17.1 Å². The first-order chi connectivity index (χ1) is 10.0. The Kier molecular flexibility index (Phi) is 3.17. The summed E-state index contributed by atoms with van der Waals surface area (Å²) in [5.74, 6) is 0.422. The van der Waals surface area contributed by atoms with Crippen molar-refractivity contribution in [3.63, 3.8) is 0 Å². The molecule has 3 N–H and O–H groups in total. The van der Waals surface area contributed by atoms with E-state index < -0.39 is 0 Å². The normalized spacial score (nSPS) is 10.8. The molecule has 0 saturated carbocycles. The van der Waals surface area contributed by atoms with Crippen LogP contribution in [0.2, 0.25) is 0 Å². The first-order valence-electron chi connectivity index (χ1n) is 6.58. The minimum atomic E-state index is -0.229. The molecule has 2 aromatic carbocycles. The molecule has 5 heteroatoms. The maximum atomic E-state index is 13.3. The van der Waals surface area contributed by atoms with Crippen molar-refractivity contribution in [2.45, 2.75) is 13.8 Å². The highest BCUT2D eigenvalue weighted by atomic mass is 19.1. The summed E-state index contributed by atoms with van der Waals surface area (Å²) in [5.41, 5.74) is 9.79. The third kappa shape index (κ3) is 2.50. The van der Waals surface area contributed by atoms with Gasteiger partial charge in [0, 0.05) is 16.8 Å². The molecule has 4 nitrogen and oxygen atoms in total. The van der Waals surface area contributed by atoms with Gasteiger partial charge in [0.05, 0.1) is 5.52 Å². The molecule has 21 heavy (non-hydrogen) atoms. The number of nitrogens with zero attached hydrogens (tertiary/aromatic N) is 2. The van der Waals surface area contributed by atoms with Gasteiger partial charge in [0.15, 0.2) is 0 Å². The van der Waals surface area contributed by atoms with Crippen molar-refractivity contribution in [2.24, 2.45) is 0 Å². The lowest BCUT2D eigenvalue weighted by Gasteiger charge is -2.10. The minimum absolute atomic E-state index is 0.229. The molecule has 0 amide bonds. The number of benzene rings is 2. The molecule has 0 unspecified atom stereocenters. The number of aromatic nitrogens is 2. The van der Waals surface area contributed by atoms with E-state index in [4.69, 9.17) is 5.73 Å². The van der Waals surface area contributed by atoms with Crippen molar-refractivity contribution in [3.8, 4) is 0 Å². The zero-order valence-corrected chi connectivity index (χ0v) is 11.8. The number of aryl methyl sites for hydroxylation is 2. The van der Waals surface area contributed by atoms with E-state index >= 15 is 0 Å². The highest BCUT2D eigenvalue weighted by Gasteiger charge is 2.07. The first-order valence-corrected chi connectivity index (χ1v) is 6.58. The Morgan fingerprint density at radius 1 is 1.05 bits per heavy atom. The zero-order chi connectivity index (χ0) is 15.0. The summed E-state index contributed by atoms with van der Waals surface area (Å²) in [4.78, 5) is 8.50. The molecule has 0 atom stereocenters. The highest BCUT2D eigenvalue weighted by molar-refractivity contribution is 5.93. The standard InChI is InChI=1S/C16H15FN4/c1-9-5-11(3-4-13(9)17)21-16-12-7-14(18)10(2)6-15(12)19-8-20-16/h3-8H,18H2,1-2H3,(H,19,20,21). The van der Waals surface area contributed by atoms with Gasteiger partial charge >= 0.3 is 0 Å². The minimum Gasteiger partial charge on any atom is -0.398 e. The number of rotatable bonds is 2. The van der Waals surface area contributed by atoms with Crippen LogP contribution in [-0.4, -0.2) is 9.97 Å². The Balaban J connectivity index is 2.07. The SMILES string of the molecule is Cc1cc2ncnc(Nc3ccc(F)c(C)c3)c2cc1N. The zero-order valence-electron chi connectivity index (χ0n) is 11.8. The van der Waals surface area contributed by atoms with Gasteiger partial charge in [0.25, 0.3) is 0 Å². The number of nitrogens with one attached hydrogen (secondary N) is 1. The van der Waals surface area contributed by atoms with E-state index in [1.165, 1.54) is 12.4 Å². The Hall–Kier alpha value is -2.69. The molecule has 0 bridgehead atoms. The molecule has 1 heterocycles. The van der Waals surface area contributed by atoms with Gasteiger partial charge < -0.3 is 11.1 Å². The number of nitrogens with two attached hydrogens (primary N) is 1. The molecule has 3 aromatic rings. The Morgan fingerprint density at radius 3 is 2.62 bits per heavy atom. The van der Waals surface area contributed by atoms with E-state index in [1.54, 1.807) is 19.1 Å². The smallest absolute Gasteiger partial charge is 0.141 e. The number of hydrogen-bond donors (Lipinski definition) is 2. The average molecular weight is 282 g/mol. The van der Waals surface area contributed by atoms with Gasteiger partial charge in [-0.15, -0.1) is 0 Å². The van der Waals surface area contributed by atoms with E-state index in [2.05, 4.69) is 15.3 Å². The van der Waals surface area contributed by atoms with E-state index in [1.807, 2.05) is 19.1 Å². The fourth-order valence-electron chi connectivity index (χ4n) is 2.18. The van der Waals surface area contributed by atoms with Gasteiger partial charge in [0.2, 0.25) is 0 Å². The fourth-order valence-corrected chi connectivity index (χ4v) is 2.18. The second kappa shape index (κ2) is 5.01. The maximum absolute atomic E-state index is 13.3. The van der Waals surface area contributed by atoms with Crippen molar-refractivity contribution in [2.75, 3.05) is 11.1 Å². The molecule has 0 aliphatic heterocycles. The topological polar surface area (TPSA) is 63.8 Å². The molecule has 0 aliphatic carbocycles. The molecule has 0 fully saturated rings. The van der Waals surface area contributed by atoms with Gasteiger partial charge in [-0.1, -0.05) is 0 Å². The van der Waals surface area contributed by atoms with Gasteiger partial charge in [-0.2, -0.15) is 0 Å². The van der Waals surface area contributed by atoms with Crippen molar-refractivity contribution >= 4 is 28.1 Å². The second-order valence-electron chi connectivity index (χ2n) is 5.04. The molecule has 0 saturated heterocycles. The van der Waals surface area contributed by atoms with Crippen LogP contribution in [-0.2, 0) is 0 Å². The summed E-state index contributed by atoms with van der Waals surface area (Å²) in [6, 6.07) is 8.62. The monoisotopic (exact) mass is 282 g/mol. The highest BCUT2D eigenvalue weighted by Crippen LogP contribution is 2.27. The van der Waals surface area contributed by atoms with Crippen molar-refractivity contribution < 1.29 is 4.39 Å². The van der Waals surface area contributed by atoms with Crippen molar-refractivity contribution in [1.29, 1.82) is 0 Å². The third-order valence-corrected chi connectivity index (χ3v) is 3.44. The summed E-state index contributed by atoms with van der Waals surface area (Å²) < 4.78 is 13.3. The molecule has 106 valence electrons. The largest absolute Gasteiger partial charge is 0.398 e. The maximum Gasteiger partial charge on any atom is 0.141 e. The van der Waals surface area contributed by atoms with E-state index in [-0.39, 0.29) is 5.82 Å². The van der Waals surface area contributed by atoms with Crippen LogP contribution in [0.3, 0.4) is 0 Å². The van der Waals surface area contributed by atoms with Gasteiger partial charge in [-0.3, -0.25) is 0 Å². The molecule has 0 aliphatic rings. The van der Waals surface area contributed by atoms with Crippen LogP contribution in [0.25, 0.3) is 10.9 Å². The summed E-state index contributed by atoms with van der Waals surface area (Å²) in [5, 5.41) is 4.02. The van der Waals surface area contributed by atoms with E-state index in [0.717, 1.165) is 22.2 Å². The van der Waals surface area contributed by atoms with Crippen molar-refractivity contribution in [1.82, 2.24) is 9.97 Å². The number of hydrogen-bond acceptors (Lipinski definition) is 4.